The summed E-state index contributed by atoms with van der Waals surface area (Å²) in [5, 5.41) is 21.0. The normalized spacial score (nSPS) is 10.9. The molecule has 1 aromatic carbocycles. The summed E-state index contributed by atoms with van der Waals surface area (Å²) in [5.41, 5.74) is 9.33. The number of quaternary nitrogens is 2. The van der Waals surface area contributed by atoms with Gasteiger partial charge >= 0.3 is 0 Å². The van der Waals surface area contributed by atoms with Crippen molar-refractivity contribution in [3.63, 3.8) is 0 Å². The topological polar surface area (TPSA) is 101 Å². The molecule has 0 fully saturated rings. The molecule has 0 aliphatic rings. The molecule has 1 aromatic rings. The molecule has 4 nitrogen and oxygen atoms in total. The van der Waals surface area contributed by atoms with E-state index in [0.717, 1.165) is 32.4 Å². The van der Waals surface area contributed by atoms with Gasteiger partial charge in [-0.3, -0.25) is 0 Å². The molecule has 1 rings (SSSR count). The van der Waals surface area contributed by atoms with Gasteiger partial charge < -0.3 is 21.5 Å². The molecule has 0 saturated carbocycles. The molecule has 0 bridgehead atoms. The standard InChI is InChI=1S/2C20H43N.C10H13BO2/c2*1-2-3-4-5-6-7-8-9-10-11-12-13-14-15-16-17-18-19-20-21;1-2-3-4-9-5-7-10(8-6-9)11(12)13/h2*2-21H2,1H3;5-8H,2-4H2,1H3/q;;-2/p+2. The third-order valence-electron chi connectivity index (χ3n) is 11.3. The Kier molecular flexibility index (Phi) is 52.3. The first-order valence-electron chi connectivity index (χ1n) is 25.1. The Balaban J connectivity index is 0. The van der Waals surface area contributed by atoms with E-state index >= 15 is 0 Å². The number of hydrogen-bond donors (Lipinski definition) is 2. The van der Waals surface area contributed by atoms with Gasteiger partial charge in [-0.25, -0.2) is 0 Å². The number of rotatable bonds is 40. The van der Waals surface area contributed by atoms with E-state index in [1.807, 2.05) is 12.1 Å². The average Bonchev–Trinajstić information content (AvgIpc) is 3.20. The van der Waals surface area contributed by atoms with Crippen molar-refractivity contribution in [1.29, 1.82) is 0 Å². The SMILES string of the molecule is CCCCCCCCCCCCCCCCCCCC[NH3+].CCCCCCCCCCCCCCCCCCCC[NH3+].CCCCc1ccc(B([O-])[O-])cc1. The molecule has 0 amide bonds. The Hall–Kier alpha value is -0.875. The minimum atomic E-state index is -1.85. The van der Waals surface area contributed by atoms with Crippen molar-refractivity contribution in [2.24, 2.45) is 0 Å². The fraction of sp³-hybridized carbons (Fsp3) is 0.880. The van der Waals surface area contributed by atoms with Crippen molar-refractivity contribution in [3.8, 4) is 0 Å². The first-order chi connectivity index (χ1) is 27.1. The monoisotopic (exact) mass is 773 g/mol. The summed E-state index contributed by atoms with van der Waals surface area (Å²) in [6.07, 6.45) is 55.7. The maximum Gasteiger partial charge on any atom is 0.0739 e. The van der Waals surface area contributed by atoms with E-state index in [9.17, 15) is 10.0 Å². The van der Waals surface area contributed by atoms with Crippen molar-refractivity contribution in [2.75, 3.05) is 13.1 Å². The molecule has 0 aliphatic carbocycles. The number of unbranched alkanes of at least 4 members (excludes halogenated alkanes) is 35. The van der Waals surface area contributed by atoms with Crippen LogP contribution >= 0.6 is 0 Å². The highest BCUT2D eigenvalue weighted by molar-refractivity contribution is 6.55. The molecule has 326 valence electrons. The number of hydrogen-bond acceptors (Lipinski definition) is 2. The van der Waals surface area contributed by atoms with Crippen LogP contribution in [0.2, 0.25) is 0 Å². The Bertz CT molecular complexity index is 717. The van der Waals surface area contributed by atoms with Crippen molar-refractivity contribution in [3.05, 3.63) is 29.8 Å². The predicted molar refractivity (Wildman–Crippen MR) is 244 cm³/mol. The van der Waals surface area contributed by atoms with Crippen molar-refractivity contribution >= 4 is 12.6 Å². The Morgan fingerprint density at radius 1 is 0.327 bits per heavy atom. The minimum Gasteiger partial charge on any atom is -0.889 e. The van der Waals surface area contributed by atoms with Gasteiger partial charge in [-0.1, -0.05) is 264 Å². The lowest BCUT2D eigenvalue weighted by atomic mass is 9.80. The van der Waals surface area contributed by atoms with Gasteiger partial charge in [-0.05, 0) is 44.1 Å². The van der Waals surface area contributed by atoms with Crippen LogP contribution in [0.3, 0.4) is 0 Å². The van der Waals surface area contributed by atoms with Crippen LogP contribution < -0.4 is 27.0 Å². The van der Waals surface area contributed by atoms with Gasteiger partial charge in [-0.15, -0.1) is 5.46 Å². The van der Waals surface area contributed by atoms with Crippen LogP contribution in [0.1, 0.15) is 270 Å². The summed E-state index contributed by atoms with van der Waals surface area (Å²) in [7, 11) is -1.85. The number of aryl methyl sites for hydroxylation is 1. The molecule has 6 N–H and O–H groups in total. The summed E-state index contributed by atoms with van der Waals surface area (Å²) >= 11 is 0. The van der Waals surface area contributed by atoms with E-state index in [0.29, 0.717) is 5.46 Å². The highest BCUT2D eigenvalue weighted by Crippen LogP contribution is 2.16. The zero-order valence-electron chi connectivity index (χ0n) is 38.1. The van der Waals surface area contributed by atoms with Crippen LogP contribution in [0.15, 0.2) is 24.3 Å². The molecule has 0 heterocycles. The maximum atomic E-state index is 10.5. The molecule has 5 heteroatoms. The summed E-state index contributed by atoms with van der Waals surface area (Å²) in [6, 6.07) is 7.01. The Morgan fingerprint density at radius 3 is 0.745 bits per heavy atom. The molecular formula is C50H101BN2O2. The van der Waals surface area contributed by atoms with Gasteiger partial charge in [0.1, 0.15) is 0 Å². The molecule has 55 heavy (non-hydrogen) atoms. The predicted octanol–water partition coefficient (Wildman–Crippen LogP) is 12.0. The molecule has 0 unspecified atom stereocenters. The second kappa shape index (κ2) is 51.1. The van der Waals surface area contributed by atoms with Crippen LogP contribution in [0.5, 0.6) is 0 Å². The highest BCUT2D eigenvalue weighted by Gasteiger charge is 1.97. The first-order valence-corrected chi connectivity index (χ1v) is 25.1. The molecule has 0 atom stereocenters. The van der Waals surface area contributed by atoms with Crippen LogP contribution in [-0.2, 0) is 6.42 Å². The fourth-order valence-corrected chi connectivity index (χ4v) is 7.38. The molecule has 0 saturated heterocycles. The van der Waals surface area contributed by atoms with Crippen molar-refractivity contribution < 1.29 is 21.5 Å². The summed E-state index contributed by atoms with van der Waals surface area (Å²) in [6.45, 7) is 8.98. The zero-order valence-corrected chi connectivity index (χ0v) is 38.1. The quantitative estimate of drug-likeness (QED) is 0.0512. The van der Waals surface area contributed by atoms with Gasteiger partial charge in [0.2, 0.25) is 0 Å². The third-order valence-corrected chi connectivity index (χ3v) is 11.3. The summed E-state index contributed by atoms with van der Waals surface area (Å²) in [5.74, 6) is 0. The second-order valence-corrected chi connectivity index (χ2v) is 16.9. The van der Waals surface area contributed by atoms with Crippen LogP contribution in [0.25, 0.3) is 0 Å². The van der Waals surface area contributed by atoms with Gasteiger partial charge in [0.25, 0.3) is 0 Å². The lowest BCUT2D eigenvalue weighted by Crippen LogP contribution is -2.55. The molecular weight excluding hydrogens is 671 g/mol. The molecule has 0 aromatic heterocycles. The lowest BCUT2D eigenvalue weighted by molar-refractivity contribution is -0.368. The van der Waals surface area contributed by atoms with Crippen molar-refractivity contribution in [1.82, 2.24) is 0 Å². The molecule has 0 aliphatic heterocycles. The zero-order chi connectivity index (χ0) is 40.6. The fourth-order valence-electron chi connectivity index (χ4n) is 7.38. The van der Waals surface area contributed by atoms with Gasteiger partial charge in [0, 0.05) is 0 Å². The second-order valence-electron chi connectivity index (χ2n) is 16.9. The van der Waals surface area contributed by atoms with Crippen LogP contribution in [0.4, 0.5) is 0 Å². The van der Waals surface area contributed by atoms with E-state index in [1.54, 1.807) is 12.1 Å². The van der Waals surface area contributed by atoms with E-state index in [4.69, 9.17) is 0 Å². The molecule has 0 radical (unpaired) electrons. The van der Waals surface area contributed by atoms with E-state index in [1.165, 1.54) is 237 Å². The van der Waals surface area contributed by atoms with E-state index in [-0.39, 0.29) is 0 Å². The van der Waals surface area contributed by atoms with Crippen molar-refractivity contribution in [2.45, 2.75) is 271 Å². The van der Waals surface area contributed by atoms with Gasteiger partial charge in [-0.2, -0.15) is 0 Å². The first kappa shape index (κ1) is 56.2. The Morgan fingerprint density at radius 2 is 0.545 bits per heavy atom. The lowest BCUT2D eigenvalue weighted by Gasteiger charge is -2.26. The maximum absolute atomic E-state index is 10.5. The van der Waals surface area contributed by atoms with Crippen LogP contribution in [0, 0.1) is 0 Å². The smallest absolute Gasteiger partial charge is 0.0739 e. The highest BCUT2D eigenvalue weighted by atomic mass is 16.4. The van der Waals surface area contributed by atoms with Gasteiger partial charge in [0.15, 0.2) is 0 Å². The van der Waals surface area contributed by atoms with Gasteiger partial charge in [0.05, 0.1) is 13.1 Å². The van der Waals surface area contributed by atoms with E-state index in [2.05, 4.69) is 32.2 Å². The molecule has 0 spiro atoms. The van der Waals surface area contributed by atoms with Crippen LogP contribution in [-0.4, -0.2) is 20.2 Å². The number of benzene rings is 1. The Labute approximate surface area is 347 Å². The summed E-state index contributed by atoms with van der Waals surface area (Å²) in [4.78, 5) is 0. The largest absolute Gasteiger partial charge is 0.889 e. The van der Waals surface area contributed by atoms with E-state index < -0.39 is 7.12 Å². The summed E-state index contributed by atoms with van der Waals surface area (Å²) < 4.78 is 0. The average molecular weight is 773 g/mol. The minimum absolute atomic E-state index is 0.334. The third kappa shape index (κ3) is 49.2.